The van der Waals surface area contributed by atoms with Gasteiger partial charge in [0.05, 0.1) is 11.3 Å². The molecule has 263 valence electrons. The molecule has 0 saturated carbocycles. The number of hydrogen-bond donors (Lipinski definition) is 1. The fraction of sp³-hybridized carbons (Fsp3) is 0.273. The van der Waals surface area contributed by atoms with Crippen LogP contribution in [0.3, 0.4) is 0 Å². The first-order valence-electron chi connectivity index (χ1n) is 18.0. The number of carbonyl (C=O) groups excluding carboxylic acids is 1. The number of aliphatic hydroxyl groups excluding tert-OH is 1. The number of ketones is 1. The second-order valence-electron chi connectivity index (χ2n) is 13.9. The Morgan fingerprint density at radius 3 is 2.14 bits per heavy atom. The zero-order chi connectivity index (χ0) is 35.2. The van der Waals surface area contributed by atoms with Gasteiger partial charge in [0.1, 0.15) is 11.0 Å². The second-order valence-corrected chi connectivity index (χ2v) is 18.2. The first kappa shape index (κ1) is 36.5. The van der Waals surface area contributed by atoms with E-state index in [1.54, 1.807) is 0 Å². The van der Waals surface area contributed by atoms with Crippen LogP contribution in [0.2, 0.25) is 13.1 Å². The summed E-state index contributed by atoms with van der Waals surface area (Å²) in [6.07, 6.45) is 6.78. The van der Waals surface area contributed by atoms with Crippen LogP contribution in [-0.4, -0.2) is 28.3 Å². The SMILES string of the molecule is CCC(CC)C(=O)/C=C(\O)C(CC)CC.C[Si](C)(c1ccccc1)c1oc2ccnc3c4[c-]c5ccccc5c5c6ccccc6n(c1c23)c45.[Ir]. The Bertz CT molecular complexity index is 2510. The van der Waals surface area contributed by atoms with E-state index in [1.165, 1.54) is 38.5 Å². The number of pyridine rings is 2. The molecule has 51 heavy (non-hydrogen) atoms. The number of carbonyl (C=O) groups is 1. The average Bonchev–Trinajstić information content (AvgIpc) is 3.70. The van der Waals surface area contributed by atoms with E-state index in [9.17, 15) is 9.90 Å². The number of benzene rings is 4. The summed E-state index contributed by atoms with van der Waals surface area (Å²) in [5.74, 6) is 0.547. The summed E-state index contributed by atoms with van der Waals surface area (Å²) in [5, 5.41) is 19.2. The molecule has 0 aliphatic carbocycles. The van der Waals surface area contributed by atoms with Crippen molar-refractivity contribution in [1.29, 1.82) is 0 Å². The Morgan fingerprint density at radius 2 is 1.45 bits per heavy atom. The van der Waals surface area contributed by atoms with Gasteiger partial charge in [-0.3, -0.25) is 9.78 Å². The summed E-state index contributed by atoms with van der Waals surface area (Å²) >= 11 is 0. The van der Waals surface area contributed by atoms with E-state index in [1.807, 2.05) is 40.0 Å². The molecule has 0 unspecified atom stereocenters. The number of allylic oxidation sites excluding steroid dienone is 2. The predicted molar refractivity (Wildman–Crippen MR) is 212 cm³/mol. The monoisotopic (exact) mass is 870 g/mol. The van der Waals surface area contributed by atoms with Crippen molar-refractivity contribution in [3.05, 3.63) is 109 Å². The molecule has 0 fully saturated rings. The molecule has 0 amide bonds. The molecule has 5 nitrogen and oxygen atoms in total. The van der Waals surface area contributed by atoms with Crippen LogP contribution in [0.25, 0.3) is 60.0 Å². The molecular formula is C44H45IrN2O3Si-. The maximum Gasteiger partial charge on any atom is 0.162 e. The third kappa shape index (κ3) is 6.09. The maximum atomic E-state index is 11.7. The molecule has 0 atom stereocenters. The Kier molecular flexibility index (Phi) is 10.6. The number of rotatable bonds is 9. The molecule has 4 aromatic heterocycles. The molecule has 1 radical (unpaired) electrons. The first-order valence-corrected chi connectivity index (χ1v) is 21.0. The van der Waals surface area contributed by atoms with Crippen LogP contribution in [0.5, 0.6) is 0 Å². The molecule has 7 heteroatoms. The third-order valence-corrected chi connectivity index (χ3v) is 14.0. The van der Waals surface area contributed by atoms with Gasteiger partial charge in [0, 0.05) is 60.6 Å². The van der Waals surface area contributed by atoms with E-state index in [2.05, 4.69) is 102 Å². The molecule has 0 saturated heterocycles. The quantitative estimate of drug-likeness (QED) is 0.0392. The molecule has 8 rings (SSSR count). The van der Waals surface area contributed by atoms with Crippen molar-refractivity contribution >= 4 is 84.4 Å². The van der Waals surface area contributed by atoms with Crippen molar-refractivity contribution in [1.82, 2.24) is 9.38 Å². The van der Waals surface area contributed by atoms with Gasteiger partial charge in [0.25, 0.3) is 0 Å². The van der Waals surface area contributed by atoms with Gasteiger partial charge in [-0.2, -0.15) is 0 Å². The van der Waals surface area contributed by atoms with Gasteiger partial charge in [-0.25, -0.2) is 0 Å². The minimum Gasteiger partial charge on any atom is -0.512 e. The summed E-state index contributed by atoms with van der Waals surface area (Å²) in [7, 11) is -2.17. The van der Waals surface area contributed by atoms with Crippen molar-refractivity contribution in [3.63, 3.8) is 0 Å². The second kappa shape index (κ2) is 14.7. The molecule has 8 aromatic rings. The Hall–Kier alpha value is -4.29. The van der Waals surface area contributed by atoms with Crippen molar-refractivity contribution in [2.75, 3.05) is 0 Å². The van der Waals surface area contributed by atoms with Crippen LogP contribution >= 0.6 is 0 Å². The van der Waals surface area contributed by atoms with Gasteiger partial charge < -0.3 is 13.9 Å². The van der Waals surface area contributed by atoms with Crippen LogP contribution < -0.4 is 10.6 Å². The largest absolute Gasteiger partial charge is 0.512 e. The van der Waals surface area contributed by atoms with E-state index in [0.29, 0.717) is 0 Å². The maximum absolute atomic E-state index is 11.7. The zero-order valence-electron chi connectivity index (χ0n) is 30.2. The Morgan fingerprint density at radius 1 is 0.824 bits per heavy atom. The van der Waals surface area contributed by atoms with Gasteiger partial charge in [0.15, 0.2) is 13.9 Å². The topological polar surface area (TPSA) is 67.7 Å². The number of nitrogens with zero attached hydrogens (tertiary/aromatic N) is 2. The third-order valence-electron chi connectivity index (χ3n) is 10.7. The number of hydrogen-bond acceptors (Lipinski definition) is 4. The number of aliphatic hydroxyl groups is 1. The Balaban J connectivity index is 0.000000241. The normalized spacial score (nSPS) is 12.5. The zero-order valence-corrected chi connectivity index (χ0v) is 33.6. The molecule has 0 bridgehead atoms. The van der Waals surface area contributed by atoms with E-state index < -0.39 is 8.07 Å². The fourth-order valence-electron chi connectivity index (χ4n) is 7.78. The van der Waals surface area contributed by atoms with Crippen LogP contribution in [0.4, 0.5) is 0 Å². The molecule has 0 aliphatic heterocycles. The molecule has 4 heterocycles. The number of furan rings is 1. The van der Waals surface area contributed by atoms with Crippen molar-refractivity contribution in [2.45, 2.75) is 66.5 Å². The summed E-state index contributed by atoms with van der Waals surface area (Å²) in [4.78, 5) is 16.6. The predicted octanol–water partition coefficient (Wildman–Crippen LogP) is 10.6. The van der Waals surface area contributed by atoms with Gasteiger partial charge in [0.2, 0.25) is 0 Å². The van der Waals surface area contributed by atoms with E-state index >= 15 is 0 Å². The van der Waals surface area contributed by atoms with Gasteiger partial charge in [-0.05, 0) is 48.7 Å². The summed E-state index contributed by atoms with van der Waals surface area (Å²) < 4.78 is 9.24. The molecule has 4 aromatic carbocycles. The van der Waals surface area contributed by atoms with Crippen LogP contribution in [0.15, 0.2) is 107 Å². The van der Waals surface area contributed by atoms with Crippen LogP contribution in [0.1, 0.15) is 53.4 Å². The standard InChI is InChI=1S/C31H21N2OSi.C13H24O2.Ir/c1-35(2,20-11-4-3-5-12-20)31-30-27-25(34-31)16-17-32-28(27)23-18-19-10-6-7-13-21(19)26-22-14-8-9-15-24(22)33(30)29(23)26;1-5-10(6-2)12(14)9-13(15)11(7-3)8-4;/h3-17H,1-2H3;9-11,14H,5-8H2,1-4H3;/q-1;;/b;12-9-;. The van der Waals surface area contributed by atoms with E-state index in [-0.39, 0.29) is 43.5 Å². The number of fused-ring (bicyclic) bond motifs is 7. The summed E-state index contributed by atoms with van der Waals surface area (Å²) in [5.41, 5.74) is 5.40. The summed E-state index contributed by atoms with van der Waals surface area (Å²) in [6, 6.07) is 33.9. The van der Waals surface area contributed by atoms with Crippen molar-refractivity contribution < 1.29 is 34.4 Å². The minimum absolute atomic E-state index is 0. The molecule has 0 spiro atoms. The molecular weight excluding hydrogens is 825 g/mol. The first-order chi connectivity index (χ1) is 24.2. The Labute approximate surface area is 314 Å². The van der Waals surface area contributed by atoms with E-state index in [4.69, 9.17) is 9.40 Å². The van der Waals surface area contributed by atoms with Gasteiger partial charge in [-0.15, -0.1) is 17.5 Å². The van der Waals surface area contributed by atoms with Crippen LogP contribution in [0, 0.1) is 17.9 Å². The van der Waals surface area contributed by atoms with Crippen molar-refractivity contribution in [3.8, 4) is 0 Å². The fourth-order valence-corrected chi connectivity index (χ4v) is 10.3. The number of aromatic nitrogens is 2. The van der Waals surface area contributed by atoms with E-state index in [0.717, 1.165) is 63.8 Å². The van der Waals surface area contributed by atoms with Gasteiger partial charge in [-0.1, -0.05) is 129 Å². The minimum atomic E-state index is -2.17. The molecule has 0 aliphatic rings. The van der Waals surface area contributed by atoms with Gasteiger partial charge >= 0.3 is 0 Å². The number of para-hydroxylation sites is 1. The average molecular weight is 870 g/mol. The van der Waals surface area contributed by atoms with Crippen LogP contribution in [-0.2, 0) is 24.9 Å². The summed E-state index contributed by atoms with van der Waals surface area (Å²) in [6.45, 7) is 12.8. The van der Waals surface area contributed by atoms with Crippen molar-refractivity contribution in [2.24, 2.45) is 11.8 Å². The smallest absolute Gasteiger partial charge is 0.162 e. The molecule has 1 N–H and O–H groups in total.